The summed E-state index contributed by atoms with van der Waals surface area (Å²) in [7, 11) is 1.62. The Kier molecular flexibility index (Phi) is 5.13. The fraction of sp³-hybridized carbons (Fsp3) is 0.0800. The van der Waals surface area contributed by atoms with Gasteiger partial charge in [0.05, 0.1) is 31.3 Å². The van der Waals surface area contributed by atoms with E-state index in [0.29, 0.717) is 28.5 Å². The number of nitrogens with zero attached hydrogens (tertiary/aromatic N) is 3. The SMILES string of the molecule is COc1cccc(-c2cc(C(=O)NCc3ccco3)n3nc(-c4ccccc4)cc3n2)c1. The molecule has 5 rings (SSSR count). The first-order valence-electron chi connectivity index (χ1n) is 10.1. The molecule has 0 atom stereocenters. The van der Waals surface area contributed by atoms with Gasteiger partial charge in [-0.2, -0.15) is 5.10 Å². The van der Waals surface area contributed by atoms with E-state index in [-0.39, 0.29) is 12.5 Å². The zero-order valence-electron chi connectivity index (χ0n) is 17.4. The highest BCUT2D eigenvalue weighted by atomic mass is 16.5. The summed E-state index contributed by atoms with van der Waals surface area (Å²) in [4.78, 5) is 17.9. The van der Waals surface area contributed by atoms with Crippen LogP contribution in [0.3, 0.4) is 0 Å². The summed E-state index contributed by atoms with van der Waals surface area (Å²) in [6, 6.07) is 24.6. The molecule has 1 amide bonds. The van der Waals surface area contributed by atoms with Crippen LogP contribution in [0.15, 0.2) is 89.5 Å². The van der Waals surface area contributed by atoms with Gasteiger partial charge in [-0.05, 0) is 30.3 Å². The smallest absolute Gasteiger partial charge is 0.270 e. The van der Waals surface area contributed by atoms with Crippen molar-refractivity contribution in [3.05, 3.63) is 96.6 Å². The van der Waals surface area contributed by atoms with Gasteiger partial charge >= 0.3 is 0 Å². The number of amides is 1. The van der Waals surface area contributed by atoms with Crippen molar-refractivity contribution in [3.63, 3.8) is 0 Å². The number of carbonyl (C=O) groups is 1. The molecule has 3 aromatic heterocycles. The molecule has 158 valence electrons. The standard InChI is InChI=1S/C25H20N4O3/c1-31-19-10-5-9-18(13-19)21-14-23(25(30)26-16-20-11-6-12-32-20)29-24(27-21)15-22(28-29)17-7-3-2-4-8-17/h2-15H,16H2,1H3,(H,26,30). The summed E-state index contributed by atoms with van der Waals surface area (Å²) in [5.41, 5.74) is 4.13. The highest BCUT2D eigenvalue weighted by Crippen LogP contribution is 2.26. The van der Waals surface area contributed by atoms with E-state index in [0.717, 1.165) is 16.8 Å². The molecule has 7 nitrogen and oxygen atoms in total. The van der Waals surface area contributed by atoms with Crippen LogP contribution in [-0.4, -0.2) is 27.6 Å². The molecule has 0 radical (unpaired) electrons. The first kappa shape index (κ1) is 19.6. The van der Waals surface area contributed by atoms with Crippen molar-refractivity contribution in [2.75, 3.05) is 7.11 Å². The average molecular weight is 424 g/mol. The van der Waals surface area contributed by atoms with Crippen molar-refractivity contribution >= 4 is 11.6 Å². The minimum absolute atomic E-state index is 0.275. The second-order valence-corrected chi connectivity index (χ2v) is 7.19. The lowest BCUT2D eigenvalue weighted by atomic mass is 10.1. The molecule has 0 aliphatic rings. The zero-order valence-corrected chi connectivity index (χ0v) is 17.4. The Balaban J connectivity index is 1.61. The van der Waals surface area contributed by atoms with E-state index in [1.165, 1.54) is 0 Å². The molecule has 0 aliphatic heterocycles. The number of fused-ring (bicyclic) bond motifs is 1. The van der Waals surface area contributed by atoms with Crippen LogP contribution >= 0.6 is 0 Å². The Morgan fingerprint density at radius 2 is 1.81 bits per heavy atom. The van der Waals surface area contributed by atoms with Crippen molar-refractivity contribution in [2.45, 2.75) is 6.54 Å². The van der Waals surface area contributed by atoms with E-state index in [9.17, 15) is 4.79 Å². The monoisotopic (exact) mass is 424 g/mol. The summed E-state index contributed by atoms with van der Waals surface area (Å²) in [5.74, 6) is 1.11. The number of aromatic nitrogens is 3. The fourth-order valence-electron chi connectivity index (χ4n) is 3.49. The Morgan fingerprint density at radius 1 is 0.969 bits per heavy atom. The minimum Gasteiger partial charge on any atom is -0.497 e. The van der Waals surface area contributed by atoms with E-state index in [4.69, 9.17) is 14.1 Å². The molecule has 3 heterocycles. The van der Waals surface area contributed by atoms with Gasteiger partial charge < -0.3 is 14.5 Å². The van der Waals surface area contributed by atoms with Crippen LogP contribution in [-0.2, 0) is 6.54 Å². The maximum absolute atomic E-state index is 13.1. The number of nitrogens with one attached hydrogen (secondary N) is 1. The first-order valence-corrected chi connectivity index (χ1v) is 10.1. The normalized spacial score (nSPS) is 10.9. The van der Waals surface area contributed by atoms with Crippen LogP contribution in [0.1, 0.15) is 16.2 Å². The van der Waals surface area contributed by atoms with E-state index in [1.54, 1.807) is 30.0 Å². The Morgan fingerprint density at radius 3 is 2.59 bits per heavy atom. The van der Waals surface area contributed by atoms with Crippen LogP contribution < -0.4 is 10.1 Å². The Bertz CT molecular complexity index is 1380. The Labute approximate surface area is 184 Å². The highest BCUT2D eigenvalue weighted by molar-refractivity contribution is 5.94. The van der Waals surface area contributed by atoms with Crippen LogP contribution in [0.5, 0.6) is 5.75 Å². The number of furan rings is 1. The minimum atomic E-state index is -0.277. The summed E-state index contributed by atoms with van der Waals surface area (Å²) < 4.78 is 12.2. The predicted octanol–water partition coefficient (Wildman–Crippen LogP) is 4.59. The van der Waals surface area contributed by atoms with Crippen molar-refractivity contribution in [3.8, 4) is 28.3 Å². The Hall–Kier alpha value is -4.39. The molecule has 0 fully saturated rings. The summed E-state index contributed by atoms with van der Waals surface area (Å²) >= 11 is 0. The van der Waals surface area contributed by atoms with E-state index in [2.05, 4.69) is 10.4 Å². The molecule has 32 heavy (non-hydrogen) atoms. The van der Waals surface area contributed by atoms with E-state index in [1.807, 2.05) is 66.7 Å². The number of hydrogen-bond acceptors (Lipinski definition) is 5. The molecule has 0 saturated carbocycles. The highest BCUT2D eigenvalue weighted by Gasteiger charge is 2.17. The lowest BCUT2D eigenvalue weighted by molar-refractivity contribution is 0.0940. The average Bonchev–Trinajstić information content (AvgIpc) is 3.52. The van der Waals surface area contributed by atoms with Crippen LogP contribution in [0.25, 0.3) is 28.2 Å². The van der Waals surface area contributed by atoms with Gasteiger partial charge in [-0.15, -0.1) is 0 Å². The van der Waals surface area contributed by atoms with Crippen LogP contribution in [0, 0.1) is 0 Å². The topological polar surface area (TPSA) is 81.7 Å². The maximum atomic E-state index is 13.1. The van der Waals surface area contributed by atoms with Gasteiger partial charge in [-0.1, -0.05) is 42.5 Å². The number of ether oxygens (including phenoxy) is 1. The molecule has 2 aromatic carbocycles. The molecule has 0 unspecified atom stereocenters. The third-order valence-corrected chi connectivity index (χ3v) is 5.10. The van der Waals surface area contributed by atoms with Crippen LogP contribution in [0.2, 0.25) is 0 Å². The van der Waals surface area contributed by atoms with Crippen LogP contribution in [0.4, 0.5) is 0 Å². The quantitative estimate of drug-likeness (QED) is 0.431. The number of benzene rings is 2. The number of methoxy groups -OCH3 is 1. The summed E-state index contributed by atoms with van der Waals surface area (Å²) in [6.07, 6.45) is 1.58. The molecule has 5 aromatic rings. The fourth-order valence-corrected chi connectivity index (χ4v) is 3.49. The second kappa shape index (κ2) is 8.39. The molecule has 1 N–H and O–H groups in total. The molecule has 0 bridgehead atoms. The van der Waals surface area contributed by atoms with Gasteiger partial charge in [-0.3, -0.25) is 4.79 Å². The summed E-state index contributed by atoms with van der Waals surface area (Å²) in [5, 5.41) is 7.56. The number of carbonyl (C=O) groups excluding carboxylic acids is 1. The van der Waals surface area contributed by atoms with E-state index < -0.39 is 0 Å². The molecule has 0 aliphatic carbocycles. The first-order chi connectivity index (χ1) is 15.7. The lowest BCUT2D eigenvalue weighted by Crippen LogP contribution is -2.25. The third-order valence-electron chi connectivity index (χ3n) is 5.10. The number of rotatable bonds is 6. The van der Waals surface area contributed by atoms with Gasteiger partial charge in [0.25, 0.3) is 5.91 Å². The van der Waals surface area contributed by atoms with Crippen molar-refractivity contribution in [1.29, 1.82) is 0 Å². The predicted molar refractivity (Wildman–Crippen MR) is 120 cm³/mol. The summed E-state index contributed by atoms with van der Waals surface area (Å²) in [6.45, 7) is 0.275. The van der Waals surface area contributed by atoms with Gasteiger partial charge in [0.2, 0.25) is 0 Å². The largest absolute Gasteiger partial charge is 0.497 e. The molecule has 0 saturated heterocycles. The van der Waals surface area contributed by atoms with Crippen molar-refractivity contribution in [1.82, 2.24) is 19.9 Å². The number of hydrogen-bond donors (Lipinski definition) is 1. The van der Waals surface area contributed by atoms with Gasteiger partial charge in [0, 0.05) is 17.2 Å². The maximum Gasteiger partial charge on any atom is 0.270 e. The zero-order chi connectivity index (χ0) is 21.9. The molecular formula is C25H20N4O3. The van der Waals surface area contributed by atoms with Gasteiger partial charge in [0.1, 0.15) is 17.2 Å². The van der Waals surface area contributed by atoms with E-state index >= 15 is 0 Å². The van der Waals surface area contributed by atoms with Gasteiger partial charge in [0.15, 0.2) is 5.65 Å². The molecular weight excluding hydrogens is 404 g/mol. The third kappa shape index (κ3) is 3.83. The van der Waals surface area contributed by atoms with Crippen molar-refractivity contribution < 1.29 is 13.9 Å². The molecule has 7 heteroatoms. The van der Waals surface area contributed by atoms with Gasteiger partial charge in [-0.25, -0.2) is 9.50 Å². The van der Waals surface area contributed by atoms with Crippen molar-refractivity contribution in [2.24, 2.45) is 0 Å². The lowest BCUT2D eigenvalue weighted by Gasteiger charge is -2.09. The second-order valence-electron chi connectivity index (χ2n) is 7.19. The molecule has 0 spiro atoms.